The Bertz CT molecular complexity index is 720. The number of hydrogen-bond donors (Lipinski definition) is 1. The van der Waals surface area contributed by atoms with Gasteiger partial charge in [-0.3, -0.25) is 9.59 Å². The number of hydrogen-bond acceptors (Lipinski definition) is 2. The number of carbonyl (C=O) groups is 2. The summed E-state index contributed by atoms with van der Waals surface area (Å²) in [5.74, 6) is -1.88. The van der Waals surface area contributed by atoms with Gasteiger partial charge in [-0.05, 0) is 35.4 Å². The zero-order valence-electron chi connectivity index (χ0n) is 12.2. The standard InChI is InChI=1S/C17H15BrFNO3/c18-14-5-1-4-13(7-14)10-20(11-17(22)23)16(21)9-12-3-2-6-15(19)8-12/h1-8H,9-11H2,(H,22,23). The Balaban J connectivity index is 2.13. The van der Waals surface area contributed by atoms with Gasteiger partial charge in [0.25, 0.3) is 0 Å². The molecule has 0 fully saturated rings. The molecule has 0 radical (unpaired) electrons. The quantitative estimate of drug-likeness (QED) is 0.837. The van der Waals surface area contributed by atoms with Gasteiger partial charge in [0.1, 0.15) is 12.4 Å². The summed E-state index contributed by atoms with van der Waals surface area (Å²) >= 11 is 3.34. The van der Waals surface area contributed by atoms with Crippen LogP contribution in [-0.4, -0.2) is 28.4 Å². The molecular formula is C17H15BrFNO3. The Morgan fingerprint density at radius 2 is 1.78 bits per heavy atom. The lowest BCUT2D eigenvalue weighted by Crippen LogP contribution is -2.36. The molecule has 0 aliphatic carbocycles. The number of aliphatic carboxylic acids is 1. The molecule has 0 aliphatic heterocycles. The number of halogens is 2. The molecule has 0 saturated carbocycles. The average molecular weight is 380 g/mol. The van der Waals surface area contributed by atoms with E-state index < -0.39 is 18.3 Å². The first kappa shape index (κ1) is 17.1. The molecule has 1 N–H and O–H groups in total. The smallest absolute Gasteiger partial charge is 0.323 e. The Morgan fingerprint density at radius 3 is 2.43 bits per heavy atom. The highest BCUT2D eigenvalue weighted by molar-refractivity contribution is 9.10. The van der Waals surface area contributed by atoms with Crippen molar-refractivity contribution in [3.05, 3.63) is 69.9 Å². The van der Waals surface area contributed by atoms with Crippen molar-refractivity contribution >= 4 is 27.8 Å². The summed E-state index contributed by atoms with van der Waals surface area (Å²) in [6.45, 7) is -0.222. The van der Waals surface area contributed by atoms with E-state index in [2.05, 4.69) is 15.9 Å². The molecule has 120 valence electrons. The maximum atomic E-state index is 13.2. The highest BCUT2D eigenvalue weighted by Crippen LogP contribution is 2.14. The van der Waals surface area contributed by atoms with E-state index in [0.717, 1.165) is 10.0 Å². The van der Waals surface area contributed by atoms with Crippen LogP contribution in [-0.2, 0) is 22.6 Å². The summed E-state index contributed by atoms with van der Waals surface area (Å²) in [5, 5.41) is 9.01. The molecule has 0 atom stereocenters. The van der Waals surface area contributed by atoms with Crippen molar-refractivity contribution in [2.24, 2.45) is 0 Å². The average Bonchev–Trinajstić information content (AvgIpc) is 2.46. The molecule has 0 bridgehead atoms. The first-order valence-corrected chi connectivity index (χ1v) is 7.72. The molecule has 0 aromatic heterocycles. The van der Waals surface area contributed by atoms with E-state index >= 15 is 0 Å². The summed E-state index contributed by atoms with van der Waals surface area (Å²) in [4.78, 5) is 24.6. The molecule has 1 amide bonds. The van der Waals surface area contributed by atoms with Crippen molar-refractivity contribution in [3.8, 4) is 0 Å². The minimum absolute atomic E-state index is 0.0426. The fraction of sp³-hybridized carbons (Fsp3) is 0.176. The topological polar surface area (TPSA) is 57.6 Å². The lowest BCUT2D eigenvalue weighted by molar-refractivity contribution is -0.144. The molecule has 23 heavy (non-hydrogen) atoms. The number of carboxylic acid groups (broad SMARTS) is 1. The van der Waals surface area contributed by atoms with Gasteiger partial charge in [-0.2, -0.15) is 0 Å². The monoisotopic (exact) mass is 379 g/mol. The number of amides is 1. The van der Waals surface area contributed by atoms with E-state index in [0.29, 0.717) is 5.56 Å². The second kappa shape index (κ2) is 7.87. The predicted molar refractivity (Wildman–Crippen MR) is 87.3 cm³/mol. The van der Waals surface area contributed by atoms with Gasteiger partial charge in [0, 0.05) is 11.0 Å². The van der Waals surface area contributed by atoms with Crippen molar-refractivity contribution in [2.75, 3.05) is 6.54 Å². The fourth-order valence-electron chi connectivity index (χ4n) is 2.18. The lowest BCUT2D eigenvalue weighted by Gasteiger charge is -2.21. The maximum absolute atomic E-state index is 13.2. The van der Waals surface area contributed by atoms with Gasteiger partial charge in [0.15, 0.2) is 0 Å². The van der Waals surface area contributed by atoms with Crippen LogP contribution in [0.15, 0.2) is 53.0 Å². The van der Waals surface area contributed by atoms with Crippen LogP contribution < -0.4 is 0 Å². The predicted octanol–water partition coefficient (Wildman–Crippen LogP) is 3.24. The van der Waals surface area contributed by atoms with E-state index in [-0.39, 0.29) is 18.9 Å². The highest BCUT2D eigenvalue weighted by Gasteiger charge is 2.18. The second-order valence-electron chi connectivity index (χ2n) is 5.08. The molecule has 0 unspecified atom stereocenters. The van der Waals surface area contributed by atoms with Crippen molar-refractivity contribution in [1.29, 1.82) is 0 Å². The maximum Gasteiger partial charge on any atom is 0.323 e. The summed E-state index contributed by atoms with van der Waals surface area (Å²) in [7, 11) is 0. The minimum Gasteiger partial charge on any atom is -0.480 e. The summed E-state index contributed by atoms with van der Waals surface area (Å²) in [6, 6.07) is 13.0. The largest absolute Gasteiger partial charge is 0.480 e. The Hall–Kier alpha value is -2.21. The Morgan fingerprint density at radius 1 is 1.09 bits per heavy atom. The van der Waals surface area contributed by atoms with Gasteiger partial charge in [-0.1, -0.05) is 40.2 Å². The normalized spacial score (nSPS) is 10.3. The molecule has 6 heteroatoms. The van der Waals surface area contributed by atoms with Crippen molar-refractivity contribution in [2.45, 2.75) is 13.0 Å². The van der Waals surface area contributed by atoms with Crippen LogP contribution in [0.4, 0.5) is 4.39 Å². The van der Waals surface area contributed by atoms with E-state index in [1.807, 2.05) is 24.3 Å². The van der Waals surface area contributed by atoms with E-state index in [4.69, 9.17) is 5.11 Å². The Kier molecular flexibility index (Phi) is 5.87. The number of carbonyl (C=O) groups excluding carboxylic acids is 1. The first-order chi connectivity index (χ1) is 10.9. The van der Waals surface area contributed by atoms with E-state index in [1.165, 1.54) is 23.1 Å². The van der Waals surface area contributed by atoms with Crippen molar-refractivity contribution in [3.63, 3.8) is 0 Å². The Labute approximate surface area is 141 Å². The third kappa shape index (κ3) is 5.49. The fourth-order valence-corrected chi connectivity index (χ4v) is 2.63. The van der Waals surface area contributed by atoms with Crippen LogP contribution >= 0.6 is 15.9 Å². The molecule has 0 aliphatic rings. The molecular weight excluding hydrogens is 365 g/mol. The lowest BCUT2D eigenvalue weighted by atomic mass is 10.1. The van der Waals surface area contributed by atoms with Crippen LogP contribution in [0.5, 0.6) is 0 Å². The van der Waals surface area contributed by atoms with Gasteiger partial charge in [-0.25, -0.2) is 4.39 Å². The van der Waals surface area contributed by atoms with Crippen LogP contribution in [0.3, 0.4) is 0 Å². The van der Waals surface area contributed by atoms with Gasteiger partial charge in [0.2, 0.25) is 5.91 Å². The van der Waals surface area contributed by atoms with Gasteiger partial charge >= 0.3 is 5.97 Å². The van der Waals surface area contributed by atoms with E-state index in [9.17, 15) is 14.0 Å². The molecule has 0 heterocycles. The second-order valence-corrected chi connectivity index (χ2v) is 6.00. The van der Waals surface area contributed by atoms with Gasteiger partial charge < -0.3 is 10.0 Å². The van der Waals surface area contributed by atoms with Crippen LogP contribution in [0.2, 0.25) is 0 Å². The molecule has 0 spiro atoms. The molecule has 0 saturated heterocycles. The van der Waals surface area contributed by atoms with Gasteiger partial charge in [-0.15, -0.1) is 0 Å². The summed E-state index contributed by atoms with van der Waals surface area (Å²) in [6.07, 6.45) is -0.0426. The zero-order chi connectivity index (χ0) is 16.8. The summed E-state index contributed by atoms with van der Waals surface area (Å²) < 4.78 is 14.0. The highest BCUT2D eigenvalue weighted by atomic mass is 79.9. The number of carboxylic acids is 1. The summed E-state index contributed by atoms with van der Waals surface area (Å²) in [5.41, 5.74) is 1.33. The molecule has 2 aromatic carbocycles. The van der Waals surface area contributed by atoms with Gasteiger partial charge in [0.05, 0.1) is 6.42 Å². The van der Waals surface area contributed by atoms with Crippen molar-refractivity contribution in [1.82, 2.24) is 4.90 Å². The van der Waals surface area contributed by atoms with E-state index in [1.54, 1.807) is 6.07 Å². The van der Waals surface area contributed by atoms with Crippen LogP contribution in [0.25, 0.3) is 0 Å². The number of nitrogens with zero attached hydrogens (tertiary/aromatic N) is 1. The van der Waals surface area contributed by atoms with Crippen LogP contribution in [0, 0.1) is 5.82 Å². The first-order valence-electron chi connectivity index (χ1n) is 6.92. The number of benzene rings is 2. The zero-order valence-corrected chi connectivity index (χ0v) is 13.8. The molecule has 2 aromatic rings. The number of rotatable bonds is 6. The third-order valence-corrected chi connectivity index (χ3v) is 3.68. The SMILES string of the molecule is O=C(O)CN(Cc1cccc(Br)c1)C(=O)Cc1cccc(F)c1. The molecule has 2 rings (SSSR count). The molecule has 4 nitrogen and oxygen atoms in total. The van der Waals surface area contributed by atoms with Crippen LogP contribution in [0.1, 0.15) is 11.1 Å². The minimum atomic E-state index is -1.09. The van der Waals surface area contributed by atoms with Crippen molar-refractivity contribution < 1.29 is 19.1 Å². The third-order valence-electron chi connectivity index (χ3n) is 3.19.